The van der Waals surface area contributed by atoms with E-state index in [0.29, 0.717) is 5.92 Å². The molecule has 0 radical (unpaired) electrons. The molecule has 31 heavy (non-hydrogen) atoms. The Morgan fingerprint density at radius 1 is 0.935 bits per heavy atom. The standard InChI is InChI=1S/C27H49NO3/c1-21(2)10-9-12-23(5)11-7-8-17-31-25-14-13-24(18-26(25)30-6)15-16-27(28,20-29)19-22(3)4/h13-14,18,21-23,29H,7-12,15-17,19-20,28H2,1-6H3/t23?,27-/m0/s1. The van der Waals surface area contributed by atoms with Crippen molar-refractivity contribution in [2.45, 2.75) is 97.9 Å². The Balaban J connectivity index is 2.42. The molecule has 0 aliphatic heterocycles. The number of methoxy groups -OCH3 is 1. The van der Waals surface area contributed by atoms with E-state index < -0.39 is 5.54 Å². The number of ether oxygens (including phenoxy) is 2. The summed E-state index contributed by atoms with van der Waals surface area (Å²) in [5.41, 5.74) is 7.03. The van der Waals surface area contributed by atoms with Crippen LogP contribution in [0.1, 0.15) is 91.5 Å². The van der Waals surface area contributed by atoms with Crippen LogP contribution < -0.4 is 15.2 Å². The fourth-order valence-electron chi connectivity index (χ4n) is 4.23. The van der Waals surface area contributed by atoms with Crippen LogP contribution in [0.2, 0.25) is 0 Å². The molecule has 3 N–H and O–H groups in total. The zero-order valence-corrected chi connectivity index (χ0v) is 21.1. The third-order valence-electron chi connectivity index (χ3n) is 6.10. The van der Waals surface area contributed by atoms with Crippen LogP contribution in [0.15, 0.2) is 18.2 Å². The summed E-state index contributed by atoms with van der Waals surface area (Å²) < 4.78 is 11.6. The molecule has 0 fully saturated rings. The Morgan fingerprint density at radius 3 is 2.26 bits per heavy atom. The van der Waals surface area contributed by atoms with Crippen molar-refractivity contribution in [1.82, 2.24) is 0 Å². The second-order valence-electron chi connectivity index (χ2n) is 10.4. The lowest BCUT2D eigenvalue weighted by molar-refractivity contribution is 0.165. The van der Waals surface area contributed by atoms with Crippen LogP contribution in [0.5, 0.6) is 11.5 Å². The Hall–Kier alpha value is -1.26. The quantitative estimate of drug-likeness (QED) is 0.279. The van der Waals surface area contributed by atoms with Crippen molar-refractivity contribution >= 4 is 0 Å². The van der Waals surface area contributed by atoms with E-state index in [2.05, 4.69) is 40.7 Å². The molecule has 0 heterocycles. The number of nitrogens with two attached hydrogens (primary N) is 1. The van der Waals surface area contributed by atoms with Gasteiger partial charge in [-0.3, -0.25) is 0 Å². The van der Waals surface area contributed by atoms with Crippen molar-refractivity contribution in [3.05, 3.63) is 23.8 Å². The molecule has 0 aromatic heterocycles. The molecule has 1 aromatic carbocycles. The van der Waals surface area contributed by atoms with Gasteiger partial charge >= 0.3 is 0 Å². The highest BCUT2D eigenvalue weighted by Crippen LogP contribution is 2.30. The maximum Gasteiger partial charge on any atom is 0.161 e. The fourth-order valence-corrected chi connectivity index (χ4v) is 4.23. The van der Waals surface area contributed by atoms with Crippen molar-refractivity contribution in [2.75, 3.05) is 20.3 Å². The molecule has 1 rings (SSSR count). The third kappa shape index (κ3) is 11.8. The predicted octanol–water partition coefficient (Wildman–Crippen LogP) is 6.38. The molecular weight excluding hydrogens is 386 g/mol. The number of rotatable bonds is 17. The number of unbranched alkanes of at least 4 members (excludes halogenated alkanes) is 1. The van der Waals surface area contributed by atoms with E-state index in [-0.39, 0.29) is 6.61 Å². The van der Waals surface area contributed by atoms with E-state index in [1.54, 1.807) is 7.11 Å². The second-order valence-corrected chi connectivity index (χ2v) is 10.4. The molecule has 4 heteroatoms. The summed E-state index contributed by atoms with van der Waals surface area (Å²) in [5.74, 6) is 3.66. The van der Waals surface area contributed by atoms with Gasteiger partial charge in [-0.15, -0.1) is 0 Å². The van der Waals surface area contributed by atoms with Gasteiger partial charge in [0.2, 0.25) is 0 Å². The van der Waals surface area contributed by atoms with Gasteiger partial charge in [0, 0.05) is 5.54 Å². The molecule has 180 valence electrons. The van der Waals surface area contributed by atoms with E-state index in [4.69, 9.17) is 15.2 Å². The van der Waals surface area contributed by atoms with Gasteiger partial charge in [-0.2, -0.15) is 0 Å². The van der Waals surface area contributed by atoms with Gasteiger partial charge in [0.05, 0.1) is 20.3 Å². The largest absolute Gasteiger partial charge is 0.493 e. The lowest BCUT2D eigenvalue weighted by Gasteiger charge is -2.29. The minimum atomic E-state index is -0.525. The van der Waals surface area contributed by atoms with Crippen molar-refractivity contribution in [1.29, 1.82) is 0 Å². The van der Waals surface area contributed by atoms with Gasteiger partial charge < -0.3 is 20.3 Å². The van der Waals surface area contributed by atoms with Gasteiger partial charge in [0.25, 0.3) is 0 Å². The van der Waals surface area contributed by atoms with E-state index in [1.165, 1.54) is 32.1 Å². The molecule has 0 aliphatic carbocycles. The van der Waals surface area contributed by atoms with E-state index in [1.807, 2.05) is 12.1 Å². The molecule has 0 bridgehead atoms. The zero-order valence-electron chi connectivity index (χ0n) is 21.1. The molecule has 1 aromatic rings. The average molecular weight is 436 g/mol. The molecule has 1 unspecified atom stereocenters. The highest BCUT2D eigenvalue weighted by Gasteiger charge is 2.25. The monoisotopic (exact) mass is 435 g/mol. The first-order valence-corrected chi connectivity index (χ1v) is 12.4. The van der Waals surface area contributed by atoms with Crippen molar-refractivity contribution in [2.24, 2.45) is 23.5 Å². The first kappa shape index (κ1) is 27.8. The fraction of sp³-hybridized carbons (Fsp3) is 0.778. The van der Waals surface area contributed by atoms with Gasteiger partial charge in [-0.05, 0) is 67.6 Å². The molecule has 0 aliphatic rings. The van der Waals surface area contributed by atoms with Crippen molar-refractivity contribution < 1.29 is 14.6 Å². The Bertz CT molecular complexity index is 602. The highest BCUT2D eigenvalue weighted by atomic mass is 16.5. The summed E-state index contributed by atoms with van der Waals surface area (Å²) in [5, 5.41) is 9.73. The smallest absolute Gasteiger partial charge is 0.161 e. The summed E-state index contributed by atoms with van der Waals surface area (Å²) in [7, 11) is 1.69. The third-order valence-corrected chi connectivity index (χ3v) is 6.10. The van der Waals surface area contributed by atoms with Crippen LogP contribution >= 0.6 is 0 Å². The number of hydrogen-bond donors (Lipinski definition) is 2. The summed E-state index contributed by atoms with van der Waals surface area (Å²) in [6.45, 7) is 12.0. The predicted molar refractivity (Wildman–Crippen MR) is 132 cm³/mol. The van der Waals surface area contributed by atoms with Crippen LogP contribution in [-0.2, 0) is 6.42 Å². The van der Waals surface area contributed by atoms with Crippen LogP contribution in [0.25, 0.3) is 0 Å². The van der Waals surface area contributed by atoms with Crippen LogP contribution in [0, 0.1) is 17.8 Å². The summed E-state index contributed by atoms with van der Waals surface area (Å²) in [6.07, 6.45) is 9.96. The van der Waals surface area contributed by atoms with Crippen molar-refractivity contribution in [3.8, 4) is 11.5 Å². The maximum atomic E-state index is 9.73. The van der Waals surface area contributed by atoms with Gasteiger partial charge in [0.1, 0.15) is 0 Å². The summed E-state index contributed by atoms with van der Waals surface area (Å²) in [6, 6.07) is 6.13. The minimum Gasteiger partial charge on any atom is -0.493 e. The van der Waals surface area contributed by atoms with Gasteiger partial charge in [-0.1, -0.05) is 66.4 Å². The number of aryl methyl sites for hydroxylation is 1. The lowest BCUT2D eigenvalue weighted by atomic mass is 9.85. The lowest BCUT2D eigenvalue weighted by Crippen LogP contribution is -2.45. The maximum absolute atomic E-state index is 9.73. The molecule has 2 atom stereocenters. The number of hydrogen-bond acceptors (Lipinski definition) is 4. The Labute approximate surface area is 191 Å². The SMILES string of the molecule is COc1cc(CC[C@@](N)(CO)CC(C)C)ccc1OCCCCC(C)CCCC(C)C. The molecule has 0 spiro atoms. The topological polar surface area (TPSA) is 64.7 Å². The van der Waals surface area contributed by atoms with Crippen LogP contribution in [0.3, 0.4) is 0 Å². The number of aliphatic hydroxyl groups excluding tert-OH is 1. The Morgan fingerprint density at radius 2 is 1.65 bits per heavy atom. The van der Waals surface area contributed by atoms with E-state index in [9.17, 15) is 5.11 Å². The number of aliphatic hydroxyl groups is 1. The van der Waals surface area contributed by atoms with Crippen molar-refractivity contribution in [3.63, 3.8) is 0 Å². The normalized spacial score (nSPS) is 14.6. The van der Waals surface area contributed by atoms with Crippen LogP contribution in [-0.4, -0.2) is 31.0 Å². The molecule has 0 saturated carbocycles. The van der Waals surface area contributed by atoms with Crippen LogP contribution in [0.4, 0.5) is 0 Å². The molecule has 0 saturated heterocycles. The second kappa shape index (κ2) is 14.7. The van der Waals surface area contributed by atoms with E-state index in [0.717, 1.165) is 61.2 Å². The molecule has 4 nitrogen and oxygen atoms in total. The highest BCUT2D eigenvalue weighted by molar-refractivity contribution is 5.43. The zero-order chi connectivity index (χ0) is 23.3. The van der Waals surface area contributed by atoms with Gasteiger partial charge in [0.15, 0.2) is 11.5 Å². The van der Waals surface area contributed by atoms with Gasteiger partial charge in [-0.25, -0.2) is 0 Å². The first-order valence-electron chi connectivity index (χ1n) is 12.4. The summed E-state index contributed by atoms with van der Waals surface area (Å²) >= 11 is 0. The van der Waals surface area contributed by atoms with E-state index >= 15 is 0 Å². The first-order chi connectivity index (χ1) is 14.7. The average Bonchev–Trinajstić information content (AvgIpc) is 2.71. The Kier molecular flexibility index (Phi) is 13.2. The minimum absolute atomic E-state index is 0.0137. The molecular formula is C27H49NO3. The summed E-state index contributed by atoms with van der Waals surface area (Å²) in [4.78, 5) is 0. The number of benzene rings is 1. The molecule has 0 amide bonds.